The van der Waals surface area contributed by atoms with Gasteiger partial charge in [-0.05, 0) is 73.7 Å². The zero-order valence-electron chi connectivity index (χ0n) is 21.3. The van der Waals surface area contributed by atoms with Crippen LogP contribution in [0.1, 0.15) is 64.1 Å². The highest BCUT2D eigenvalue weighted by atomic mass is 79.9. The summed E-state index contributed by atoms with van der Waals surface area (Å²) in [5, 5.41) is 21.1. The topological polar surface area (TPSA) is 133 Å². The summed E-state index contributed by atoms with van der Waals surface area (Å²) in [7, 11) is 0. The van der Waals surface area contributed by atoms with E-state index >= 15 is 0 Å². The number of hydrogen-bond acceptors (Lipinski definition) is 7. The molecule has 0 spiro atoms. The Morgan fingerprint density at radius 2 is 1.98 bits per heavy atom. The van der Waals surface area contributed by atoms with Crippen LogP contribution in [-0.4, -0.2) is 52.8 Å². The Bertz CT molecular complexity index is 1590. The number of anilines is 1. The van der Waals surface area contributed by atoms with Crippen LogP contribution in [0, 0.1) is 12.8 Å². The van der Waals surface area contributed by atoms with Gasteiger partial charge in [0.05, 0.1) is 22.0 Å². The van der Waals surface area contributed by atoms with E-state index in [0.717, 1.165) is 17.6 Å². The number of alkyl halides is 2. The van der Waals surface area contributed by atoms with Crippen LogP contribution < -0.4 is 10.6 Å². The van der Waals surface area contributed by atoms with Crippen molar-refractivity contribution in [3.05, 3.63) is 74.4 Å². The Morgan fingerprint density at radius 3 is 2.65 bits per heavy atom. The Labute approximate surface area is 240 Å². The minimum absolute atomic E-state index is 0.00149. The third-order valence-electron chi connectivity index (χ3n) is 6.37. The van der Waals surface area contributed by atoms with Crippen molar-refractivity contribution in [1.82, 2.24) is 40.3 Å². The molecule has 1 aliphatic carbocycles. The fraction of sp³-hybridized carbons (Fsp3) is 0.320. The van der Waals surface area contributed by atoms with E-state index in [0.29, 0.717) is 27.2 Å². The molecule has 208 valence electrons. The molecule has 1 unspecified atom stereocenters. The summed E-state index contributed by atoms with van der Waals surface area (Å²) in [6.07, 6.45) is 0.741. The third-order valence-corrected chi connectivity index (χ3v) is 7.12. The molecule has 3 aromatic heterocycles. The molecule has 11 nitrogen and oxygen atoms in total. The molecule has 0 radical (unpaired) electrons. The van der Waals surface area contributed by atoms with Crippen LogP contribution in [0.25, 0.3) is 5.82 Å². The van der Waals surface area contributed by atoms with Crippen molar-refractivity contribution >= 4 is 45.0 Å². The van der Waals surface area contributed by atoms with Crippen molar-refractivity contribution < 1.29 is 18.4 Å². The largest absolute Gasteiger partial charge is 0.349 e. The lowest BCUT2D eigenvalue weighted by Gasteiger charge is -2.18. The average molecular weight is 635 g/mol. The van der Waals surface area contributed by atoms with Gasteiger partial charge in [-0.3, -0.25) is 9.59 Å². The zero-order chi connectivity index (χ0) is 28.6. The number of nitrogens with one attached hydrogen (secondary N) is 2. The van der Waals surface area contributed by atoms with Gasteiger partial charge in [0, 0.05) is 16.7 Å². The average Bonchev–Trinajstić information content (AvgIpc) is 3.52. The van der Waals surface area contributed by atoms with Crippen LogP contribution in [-0.2, 0) is 6.54 Å². The predicted molar refractivity (Wildman–Crippen MR) is 145 cm³/mol. The molecule has 1 aromatic carbocycles. The minimum atomic E-state index is -2.88. The molecule has 1 atom stereocenters. The highest BCUT2D eigenvalue weighted by molar-refractivity contribution is 9.10. The van der Waals surface area contributed by atoms with Crippen molar-refractivity contribution in [2.24, 2.45) is 5.92 Å². The second kappa shape index (κ2) is 11.4. The number of nitrogens with zero attached hydrogens (tertiary/aromatic N) is 7. The number of carbonyl (C=O) groups is 2. The van der Waals surface area contributed by atoms with Gasteiger partial charge >= 0.3 is 6.43 Å². The minimum Gasteiger partial charge on any atom is -0.349 e. The van der Waals surface area contributed by atoms with Crippen LogP contribution in [0.2, 0.25) is 5.02 Å². The molecule has 1 aliphatic rings. The summed E-state index contributed by atoms with van der Waals surface area (Å²) >= 11 is 9.79. The molecule has 0 saturated heterocycles. The summed E-state index contributed by atoms with van der Waals surface area (Å²) in [6.45, 7) is 3.59. The van der Waals surface area contributed by atoms with E-state index in [4.69, 9.17) is 11.6 Å². The standard InChI is InChI=1S/C25H23BrClF2N9O2/c1-12-8-15(26)9-17(24(39)31-13(2)14-5-6-14)20(12)32-25(40)19-10-16(11-37-35-22(21(28)29)33-36-37)34-38(19)23-18(27)4-3-7-30-23/h3-4,7-10,13-14,21H,5-6,11H2,1-2H3,(H,31,39)(H,32,40). The van der Waals surface area contributed by atoms with Crippen LogP contribution in [0.15, 0.2) is 41.0 Å². The van der Waals surface area contributed by atoms with Crippen LogP contribution in [0.3, 0.4) is 0 Å². The number of rotatable bonds is 9. The fourth-order valence-corrected chi connectivity index (χ4v) is 4.96. The molecular formula is C25H23BrClF2N9O2. The van der Waals surface area contributed by atoms with E-state index in [2.05, 4.69) is 52.1 Å². The van der Waals surface area contributed by atoms with E-state index < -0.39 is 18.2 Å². The van der Waals surface area contributed by atoms with Gasteiger partial charge in [0.15, 0.2) is 5.82 Å². The van der Waals surface area contributed by atoms with Crippen molar-refractivity contribution in [3.63, 3.8) is 0 Å². The molecular weight excluding hydrogens is 612 g/mol. The van der Waals surface area contributed by atoms with Gasteiger partial charge in [-0.1, -0.05) is 27.5 Å². The number of pyridine rings is 1. The Morgan fingerprint density at radius 1 is 1.20 bits per heavy atom. The first kappa shape index (κ1) is 27.8. The first-order valence-corrected chi connectivity index (χ1v) is 13.5. The summed E-state index contributed by atoms with van der Waals surface area (Å²) in [5.41, 5.74) is 1.56. The Balaban J connectivity index is 1.49. The lowest BCUT2D eigenvalue weighted by Crippen LogP contribution is -2.34. The van der Waals surface area contributed by atoms with E-state index in [1.54, 1.807) is 31.2 Å². The van der Waals surface area contributed by atoms with E-state index in [-0.39, 0.29) is 40.7 Å². The van der Waals surface area contributed by atoms with E-state index in [1.165, 1.54) is 16.9 Å². The quantitative estimate of drug-likeness (QED) is 0.272. The summed E-state index contributed by atoms with van der Waals surface area (Å²) in [6, 6.07) is 8.08. The maximum Gasteiger partial charge on any atom is 0.301 e. The molecule has 2 amide bonds. The van der Waals surface area contributed by atoms with Gasteiger partial charge in [0.25, 0.3) is 11.8 Å². The number of hydrogen-bond donors (Lipinski definition) is 2. The highest BCUT2D eigenvalue weighted by Gasteiger charge is 2.30. The molecule has 2 N–H and O–H groups in total. The maximum absolute atomic E-state index is 13.7. The van der Waals surface area contributed by atoms with Gasteiger partial charge in [-0.15, -0.1) is 10.2 Å². The molecule has 3 heterocycles. The second-order valence-electron chi connectivity index (χ2n) is 9.42. The van der Waals surface area contributed by atoms with Gasteiger partial charge < -0.3 is 10.6 Å². The number of aryl methyl sites for hydroxylation is 1. The van der Waals surface area contributed by atoms with Crippen molar-refractivity contribution in [2.45, 2.75) is 45.7 Å². The SMILES string of the molecule is Cc1cc(Br)cc(C(=O)NC(C)C2CC2)c1NC(=O)c1cc(Cn2nnc(C(F)F)n2)nn1-c1ncccc1Cl. The zero-order valence-corrected chi connectivity index (χ0v) is 23.6. The number of halogens is 4. The molecule has 4 aromatic rings. The normalized spacial score (nSPS) is 13.9. The molecule has 1 saturated carbocycles. The number of aromatic nitrogens is 7. The smallest absolute Gasteiger partial charge is 0.301 e. The first-order chi connectivity index (χ1) is 19.1. The third kappa shape index (κ3) is 6.02. The summed E-state index contributed by atoms with van der Waals surface area (Å²) in [4.78, 5) is 32.1. The lowest BCUT2D eigenvalue weighted by atomic mass is 10.1. The number of carbonyl (C=O) groups excluding carboxylic acids is 2. The van der Waals surface area contributed by atoms with Crippen molar-refractivity contribution in [1.29, 1.82) is 0 Å². The lowest BCUT2D eigenvalue weighted by molar-refractivity contribution is 0.0936. The number of tetrazole rings is 1. The number of amides is 2. The monoisotopic (exact) mass is 633 g/mol. The fourth-order valence-electron chi connectivity index (χ4n) is 4.18. The van der Waals surface area contributed by atoms with Gasteiger partial charge in [0.1, 0.15) is 12.2 Å². The van der Waals surface area contributed by atoms with Gasteiger partial charge in [0.2, 0.25) is 5.82 Å². The molecule has 0 aliphatic heterocycles. The predicted octanol–water partition coefficient (Wildman–Crippen LogP) is 4.74. The highest BCUT2D eigenvalue weighted by Crippen LogP contribution is 2.33. The second-order valence-corrected chi connectivity index (χ2v) is 10.7. The van der Waals surface area contributed by atoms with E-state index in [9.17, 15) is 18.4 Å². The summed E-state index contributed by atoms with van der Waals surface area (Å²) in [5.74, 6) is -1.02. The van der Waals surface area contributed by atoms with Gasteiger partial charge in [-0.2, -0.15) is 9.90 Å². The molecule has 40 heavy (non-hydrogen) atoms. The van der Waals surface area contributed by atoms with Crippen molar-refractivity contribution in [2.75, 3.05) is 5.32 Å². The first-order valence-electron chi connectivity index (χ1n) is 12.3. The molecule has 5 rings (SSSR count). The van der Waals surface area contributed by atoms with Crippen LogP contribution >= 0.6 is 27.5 Å². The van der Waals surface area contributed by atoms with Gasteiger partial charge in [-0.25, -0.2) is 18.4 Å². The van der Waals surface area contributed by atoms with Crippen LogP contribution in [0.4, 0.5) is 14.5 Å². The molecule has 15 heteroatoms. The molecule has 0 bridgehead atoms. The van der Waals surface area contributed by atoms with Crippen LogP contribution in [0.5, 0.6) is 0 Å². The maximum atomic E-state index is 13.7. The number of benzene rings is 1. The Kier molecular flexibility index (Phi) is 7.90. The Hall–Kier alpha value is -3.78. The van der Waals surface area contributed by atoms with E-state index in [1.807, 2.05) is 6.92 Å². The molecule has 1 fully saturated rings. The van der Waals surface area contributed by atoms with Crippen molar-refractivity contribution in [3.8, 4) is 5.82 Å². The summed E-state index contributed by atoms with van der Waals surface area (Å²) < 4.78 is 27.8.